The fourth-order valence-corrected chi connectivity index (χ4v) is 3.99. The Labute approximate surface area is 171 Å². The summed E-state index contributed by atoms with van der Waals surface area (Å²) in [5.74, 6) is 0.183. The van der Waals surface area contributed by atoms with Crippen molar-refractivity contribution in [1.82, 2.24) is 15.2 Å². The third-order valence-electron chi connectivity index (χ3n) is 5.66. The van der Waals surface area contributed by atoms with Gasteiger partial charge in [-0.25, -0.2) is 4.79 Å². The van der Waals surface area contributed by atoms with E-state index in [0.717, 1.165) is 37.3 Å². The number of fused-ring (bicyclic) bond motifs is 1. The fraction of sp³-hybridized carbons (Fsp3) is 0.409. The molecule has 29 heavy (non-hydrogen) atoms. The van der Waals surface area contributed by atoms with Gasteiger partial charge in [0, 0.05) is 69.5 Å². The van der Waals surface area contributed by atoms with Crippen molar-refractivity contribution in [3.05, 3.63) is 53.9 Å². The third kappa shape index (κ3) is 4.18. The summed E-state index contributed by atoms with van der Waals surface area (Å²) in [5.41, 5.74) is 4.45. The number of hydrogen-bond donors (Lipinski definition) is 1. The quantitative estimate of drug-likeness (QED) is 0.866. The molecule has 2 aliphatic heterocycles. The first-order valence-corrected chi connectivity index (χ1v) is 10.3. The summed E-state index contributed by atoms with van der Waals surface area (Å²) >= 11 is 0. The van der Waals surface area contributed by atoms with Crippen LogP contribution in [0.25, 0.3) is 0 Å². The maximum absolute atomic E-state index is 12.4. The average molecular weight is 393 g/mol. The van der Waals surface area contributed by atoms with Gasteiger partial charge in [0.25, 0.3) is 0 Å². The van der Waals surface area contributed by atoms with Crippen LogP contribution in [0.1, 0.15) is 24.5 Å². The highest BCUT2D eigenvalue weighted by molar-refractivity contribution is 5.95. The molecule has 1 saturated heterocycles. The van der Waals surface area contributed by atoms with Crippen LogP contribution in [-0.2, 0) is 17.8 Å². The molecule has 3 heterocycles. The van der Waals surface area contributed by atoms with Crippen molar-refractivity contribution in [3.63, 3.8) is 0 Å². The maximum Gasteiger partial charge on any atom is 0.317 e. The van der Waals surface area contributed by atoms with Crippen molar-refractivity contribution < 1.29 is 9.59 Å². The van der Waals surface area contributed by atoms with Gasteiger partial charge in [-0.1, -0.05) is 13.0 Å². The number of nitrogens with one attached hydrogen (secondary N) is 1. The number of anilines is 2. The number of pyridine rings is 1. The van der Waals surface area contributed by atoms with E-state index in [-0.39, 0.29) is 11.9 Å². The largest absolute Gasteiger partial charge is 0.368 e. The van der Waals surface area contributed by atoms with Gasteiger partial charge in [-0.05, 0) is 41.8 Å². The monoisotopic (exact) mass is 393 g/mol. The highest BCUT2D eigenvalue weighted by Crippen LogP contribution is 2.32. The zero-order chi connectivity index (χ0) is 20.2. The Morgan fingerprint density at radius 3 is 2.66 bits per heavy atom. The first kappa shape index (κ1) is 19.2. The molecule has 2 aliphatic rings. The molecule has 0 radical (unpaired) electrons. The smallest absolute Gasteiger partial charge is 0.317 e. The van der Waals surface area contributed by atoms with Crippen molar-refractivity contribution in [2.45, 2.75) is 26.3 Å². The Hall–Kier alpha value is -3.09. The predicted molar refractivity (Wildman–Crippen MR) is 113 cm³/mol. The van der Waals surface area contributed by atoms with Gasteiger partial charge in [-0.2, -0.15) is 0 Å². The van der Waals surface area contributed by atoms with Crippen LogP contribution in [0.4, 0.5) is 16.2 Å². The van der Waals surface area contributed by atoms with Crippen LogP contribution in [0.5, 0.6) is 0 Å². The van der Waals surface area contributed by atoms with Gasteiger partial charge in [-0.15, -0.1) is 0 Å². The number of aromatic nitrogens is 1. The van der Waals surface area contributed by atoms with Crippen LogP contribution in [0.2, 0.25) is 0 Å². The fourth-order valence-electron chi connectivity index (χ4n) is 3.99. The Bertz CT molecular complexity index is 878. The number of piperazine rings is 1. The third-order valence-corrected chi connectivity index (χ3v) is 5.66. The zero-order valence-corrected chi connectivity index (χ0v) is 16.8. The topological polar surface area (TPSA) is 68.8 Å². The lowest BCUT2D eigenvalue weighted by molar-refractivity contribution is -0.118. The van der Waals surface area contributed by atoms with E-state index in [0.29, 0.717) is 26.1 Å². The summed E-state index contributed by atoms with van der Waals surface area (Å²) in [6.45, 7) is 6.16. The normalized spacial score (nSPS) is 16.0. The lowest BCUT2D eigenvalue weighted by atomic mass is 10.1. The summed E-state index contributed by atoms with van der Waals surface area (Å²) in [6, 6.07) is 10.2. The number of benzene rings is 1. The van der Waals surface area contributed by atoms with Crippen LogP contribution < -0.4 is 15.1 Å². The molecule has 0 saturated carbocycles. The SMILES string of the molecule is CCC(=O)N1CCc2cc(N3CCN(C(=O)NCc4cccnc4)CC3)ccc21. The Morgan fingerprint density at radius 2 is 1.93 bits per heavy atom. The number of hydrogen-bond acceptors (Lipinski definition) is 4. The molecule has 4 rings (SSSR count). The second-order valence-corrected chi connectivity index (χ2v) is 7.46. The molecule has 1 fully saturated rings. The van der Waals surface area contributed by atoms with Crippen molar-refractivity contribution in [1.29, 1.82) is 0 Å². The lowest BCUT2D eigenvalue weighted by Crippen LogP contribution is -2.51. The molecule has 0 atom stereocenters. The number of rotatable bonds is 4. The van der Waals surface area contributed by atoms with E-state index in [4.69, 9.17) is 0 Å². The van der Waals surface area contributed by atoms with Gasteiger partial charge in [0.05, 0.1) is 0 Å². The zero-order valence-electron chi connectivity index (χ0n) is 16.8. The number of urea groups is 1. The van der Waals surface area contributed by atoms with Gasteiger partial charge in [0.1, 0.15) is 0 Å². The highest BCUT2D eigenvalue weighted by atomic mass is 16.2. The number of amides is 3. The number of nitrogens with zero attached hydrogens (tertiary/aromatic N) is 4. The van der Waals surface area contributed by atoms with E-state index >= 15 is 0 Å². The minimum Gasteiger partial charge on any atom is -0.368 e. The minimum atomic E-state index is -0.0313. The first-order chi connectivity index (χ1) is 14.2. The van der Waals surface area contributed by atoms with Crippen LogP contribution in [-0.4, -0.2) is 54.5 Å². The van der Waals surface area contributed by atoms with Crippen LogP contribution in [0.3, 0.4) is 0 Å². The van der Waals surface area contributed by atoms with Crippen LogP contribution >= 0.6 is 0 Å². The second kappa shape index (κ2) is 8.51. The first-order valence-electron chi connectivity index (χ1n) is 10.3. The molecule has 2 aromatic rings. The van der Waals surface area contributed by atoms with Crippen LogP contribution in [0, 0.1) is 0 Å². The molecule has 1 aromatic heterocycles. The minimum absolute atomic E-state index is 0.0313. The van der Waals surface area contributed by atoms with Crippen molar-refractivity contribution in [2.75, 3.05) is 42.5 Å². The van der Waals surface area contributed by atoms with E-state index in [1.807, 2.05) is 28.9 Å². The Morgan fingerprint density at radius 1 is 1.10 bits per heavy atom. The van der Waals surface area contributed by atoms with Crippen molar-refractivity contribution in [3.8, 4) is 0 Å². The molecule has 0 bridgehead atoms. The van der Waals surface area contributed by atoms with Crippen molar-refractivity contribution in [2.24, 2.45) is 0 Å². The van der Waals surface area contributed by atoms with E-state index in [9.17, 15) is 9.59 Å². The molecule has 7 heteroatoms. The molecule has 1 aromatic carbocycles. The van der Waals surface area contributed by atoms with E-state index < -0.39 is 0 Å². The van der Waals surface area contributed by atoms with E-state index in [2.05, 4.69) is 33.4 Å². The molecule has 1 N–H and O–H groups in total. The standard InChI is InChI=1S/C22H27N5O2/c1-2-21(28)27-9-7-18-14-19(5-6-20(18)27)25-10-12-26(13-11-25)22(29)24-16-17-4-3-8-23-15-17/h3-6,8,14-15H,2,7,9-13,16H2,1H3,(H,24,29). The second-order valence-electron chi connectivity index (χ2n) is 7.46. The van der Waals surface area contributed by atoms with Crippen LogP contribution in [0.15, 0.2) is 42.7 Å². The molecular weight excluding hydrogens is 366 g/mol. The lowest BCUT2D eigenvalue weighted by Gasteiger charge is -2.36. The molecule has 0 aliphatic carbocycles. The van der Waals surface area contributed by atoms with Gasteiger partial charge in [0.15, 0.2) is 0 Å². The predicted octanol–water partition coefficient (Wildman–Crippen LogP) is 2.41. The average Bonchev–Trinajstić information content (AvgIpc) is 3.21. The summed E-state index contributed by atoms with van der Waals surface area (Å²) in [5, 5.41) is 2.97. The van der Waals surface area contributed by atoms with Gasteiger partial charge in [-0.3, -0.25) is 9.78 Å². The number of carbonyl (C=O) groups excluding carboxylic acids is 2. The maximum atomic E-state index is 12.4. The number of carbonyl (C=O) groups is 2. The summed E-state index contributed by atoms with van der Waals surface area (Å²) in [4.78, 5) is 34.7. The van der Waals surface area contributed by atoms with Gasteiger partial charge in [0.2, 0.25) is 5.91 Å². The van der Waals surface area contributed by atoms with E-state index in [1.165, 1.54) is 11.3 Å². The summed E-state index contributed by atoms with van der Waals surface area (Å²) in [7, 11) is 0. The molecule has 0 unspecified atom stereocenters. The highest BCUT2D eigenvalue weighted by Gasteiger charge is 2.26. The van der Waals surface area contributed by atoms with Gasteiger partial charge >= 0.3 is 6.03 Å². The molecule has 3 amide bonds. The summed E-state index contributed by atoms with van der Waals surface area (Å²) < 4.78 is 0. The molecule has 0 spiro atoms. The molecule has 152 valence electrons. The molecular formula is C22H27N5O2. The van der Waals surface area contributed by atoms with Crippen molar-refractivity contribution >= 4 is 23.3 Å². The Kier molecular flexibility index (Phi) is 5.64. The summed E-state index contributed by atoms with van der Waals surface area (Å²) in [6.07, 6.45) is 4.93. The Balaban J connectivity index is 1.32. The van der Waals surface area contributed by atoms with Gasteiger partial charge < -0.3 is 20.0 Å². The van der Waals surface area contributed by atoms with E-state index in [1.54, 1.807) is 12.4 Å². The molecule has 7 nitrogen and oxygen atoms in total.